The summed E-state index contributed by atoms with van der Waals surface area (Å²) >= 11 is 5.13. The van der Waals surface area contributed by atoms with Crippen LogP contribution in [-0.2, 0) is 4.79 Å². The van der Waals surface area contributed by atoms with Crippen LogP contribution >= 0.6 is 11.6 Å². The van der Waals surface area contributed by atoms with Crippen molar-refractivity contribution in [1.82, 2.24) is 4.98 Å². The summed E-state index contributed by atoms with van der Waals surface area (Å²) in [4.78, 5) is 14.6. The summed E-state index contributed by atoms with van der Waals surface area (Å²) in [5, 5.41) is -0.549. The van der Waals surface area contributed by atoms with Gasteiger partial charge in [0.25, 0.3) is 0 Å². The Labute approximate surface area is 85.0 Å². The van der Waals surface area contributed by atoms with E-state index in [2.05, 4.69) is 4.98 Å². The molecular formula is C10H6ClNO2. The first kappa shape index (κ1) is 8.97. The van der Waals surface area contributed by atoms with Gasteiger partial charge in [0.1, 0.15) is 5.52 Å². The van der Waals surface area contributed by atoms with Crippen LogP contribution in [0.15, 0.2) is 34.8 Å². The van der Waals surface area contributed by atoms with Crippen molar-refractivity contribution in [2.75, 3.05) is 0 Å². The van der Waals surface area contributed by atoms with Crippen molar-refractivity contribution >= 4 is 34.0 Å². The SMILES string of the molecule is O=C(Cl)C=Cc1nc2ccccc2o1. The van der Waals surface area contributed by atoms with Gasteiger partial charge in [-0.3, -0.25) is 4.79 Å². The lowest BCUT2D eigenvalue weighted by atomic mass is 10.3. The first-order valence-electron chi connectivity index (χ1n) is 3.99. The Kier molecular flexibility index (Phi) is 2.33. The summed E-state index contributed by atoms with van der Waals surface area (Å²) in [7, 11) is 0. The zero-order chi connectivity index (χ0) is 9.97. The third-order valence-electron chi connectivity index (χ3n) is 1.67. The molecule has 0 aliphatic carbocycles. The molecule has 0 unspecified atom stereocenters. The van der Waals surface area contributed by atoms with Gasteiger partial charge in [0.15, 0.2) is 5.58 Å². The van der Waals surface area contributed by atoms with Crippen LogP contribution in [0.25, 0.3) is 17.2 Å². The summed E-state index contributed by atoms with van der Waals surface area (Å²) in [6.45, 7) is 0. The number of aromatic nitrogens is 1. The summed E-state index contributed by atoms with van der Waals surface area (Å²) in [5.41, 5.74) is 1.45. The number of nitrogens with zero attached hydrogens (tertiary/aromatic N) is 1. The van der Waals surface area contributed by atoms with Gasteiger partial charge in [-0.1, -0.05) is 12.1 Å². The van der Waals surface area contributed by atoms with Crippen molar-refractivity contribution in [3.63, 3.8) is 0 Å². The van der Waals surface area contributed by atoms with Crippen LogP contribution in [0.5, 0.6) is 0 Å². The van der Waals surface area contributed by atoms with Crippen LogP contribution in [0.2, 0.25) is 0 Å². The molecule has 1 aromatic carbocycles. The molecule has 14 heavy (non-hydrogen) atoms. The molecule has 0 saturated carbocycles. The van der Waals surface area contributed by atoms with Crippen LogP contribution < -0.4 is 0 Å². The summed E-state index contributed by atoms with van der Waals surface area (Å²) < 4.78 is 5.31. The number of fused-ring (bicyclic) bond motifs is 1. The Bertz CT molecular complexity index is 469. The molecule has 0 bridgehead atoms. The zero-order valence-corrected chi connectivity index (χ0v) is 7.86. The fourth-order valence-corrected chi connectivity index (χ4v) is 1.16. The first-order chi connectivity index (χ1) is 6.75. The number of allylic oxidation sites excluding steroid dienone is 1. The lowest BCUT2D eigenvalue weighted by Gasteiger charge is -1.80. The molecule has 1 aromatic heterocycles. The van der Waals surface area contributed by atoms with E-state index in [1.54, 1.807) is 0 Å². The number of para-hydroxylation sites is 2. The topological polar surface area (TPSA) is 43.1 Å². The molecule has 0 radical (unpaired) electrons. The smallest absolute Gasteiger partial charge is 0.245 e. The minimum Gasteiger partial charge on any atom is -0.437 e. The molecular weight excluding hydrogens is 202 g/mol. The monoisotopic (exact) mass is 207 g/mol. The molecule has 4 heteroatoms. The Morgan fingerprint density at radius 3 is 2.93 bits per heavy atom. The van der Waals surface area contributed by atoms with E-state index < -0.39 is 5.24 Å². The molecule has 3 nitrogen and oxygen atoms in total. The predicted molar refractivity (Wildman–Crippen MR) is 53.9 cm³/mol. The van der Waals surface area contributed by atoms with E-state index in [9.17, 15) is 4.79 Å². The second-order valence-corrected chi connectivity index (χ2v) is 3.03. The van der Waals surface area contributed by atoms with Gasteiger partial charge in [0.2, 0.25) is 11.1 Å². The fraction of sp³-hybridized carbons (Fsp3) is 0. The minimum atomic E-state index is -0.549. The van der Waals surface area contributed by atoms with Crippen LogP contribution in [0.3, 0.4) is 0 Å². The number of halogens is 1. The lowest BCUT2D eigenvalue weighted by molar-refractivity contribution is -0.107. The number of benzene rings is 1. The van der Waals surface area contributed by atoms with Gasteiger partial charge in [-0.05, 0) is 23.7 Å². The molecule has 0 saturated heterocycles. The number of carbonyl (C=O) groups is 1. The third kappa shape index (κ3) is 1.83. The quantitative estimate of drug-likeness (QED) is 0.562. The van der Waals surface area contributed by atoms with Crippen LogP contribution in [0.1, 0.15) is 5.89 Å². The second kappa shape index (κ2) is 3.64. The van der Waals surface area contributed by atoms with Crippen molar-refractivity contribution in [2.24, 2.45) is 0 Å². The average Bonchev–Trinajstić information content (AvgIpc) is 2.57. The van der Waals surface area contributed by atoms with E-state index >= 15 is 0 Å². The lowest BCUT2D eigenvalue weighted by Crippen LogP contribution is -1.75. The summed E-state index contributed by atoms with van der Waals surface area (Å²) in [6.07, 6.45) is 2.64. The Morgan fingerprint density at radius 1 is 1.43 bits per heavy atom. The maximum Gasteiger partial charge on any atom is 0.245 e. The standard InChI is InChI=1S/C10H6ClNO2/c11-9(13)5-6-10-12-7-3-1-2-4-8(7)14-10/h1-6H. The zero-order valence-electron chi connectivity index (χ0n) is 7.11. The van der Waals surface area contributed by atoms with Crippen molar-refractivity contribution < 1.29 is 9.21 Å². The number of hydrogen-bond donors (Lipinski definition) is 0. The number of rotatable bonds is 2. The van der Waals surface area contributed by atoms with E-state index in [0.717, 1.165) is 5.52 Å². The van der Waals surface area contributed by atoms with Crippen molar-refractivity contribution in [3.8, 4) is 0 Å². The highest BCUT2D eigenvalue weighted by Gasteiger charge is 2.00. The molecule has 0 spiro atoms. The van der Waals surface area contributed by atoms with Gasteiger partial charge in [-0.2, -0.15) is 0 Å². The summed E-state index contributed by atoms with van der Waals surface area (Å²) in [6, 6.07) is 7.36. The first-order valence-corrected chi connectivity index (χ1v) is 4.36. The molecule has 0 fully saturated rings. The van der Waals surface area contributed by atoms with Gasteiger partial charge in [-0.25, -0.2) is 4.98 Å². The van der Waals surface area contributed by atoms with Gasteiger partial charge in [0.05, 0.1) is 0 Å². The Hall–Kier alpha value is -1.61. The number of carbonyl (C=O) groups excluding carboxylic acids is 1. The predicted octanol–water partition coefficient (Wildman–Crippen LogP) is 2.61. The van der Waals surface area contributed by atoms with E-state index in [4.69, 9.17) is 16.0 Å². The van der Waals surface area contributed by atoms with E-state index in [0.29, 0.717) is 11.5 Å². The maximum absolute atomic E-state index is 10.4. The minimum absolute atomic E-state index is 0.375. The van der Waals surface area contributed by atoms with Crippen molar-refractivity contribution in [3.05, 3.63) is 36.2 Å². The van der Waals surface area contributed by atoms with E-state index in [-0.39, 0.29) is 0 Å². The van der Waals surface area contributed by atoms with E-state index in [1.165, 1.54) is 12.2 Å². The number of oxazole rings is 1. The largest absolute Gasteiger partial charge is 0.437 e. The molecule has 2 aromatic rings. The van der Waals surface area contributed by atoms with Crippen molar-refractivity contribution in [1.29, 1.82) is 0 Å². The Morgan fingerprint density at radius 2 is 2.21 bits per heavy atom. The molecule has 2 rings (SSSR count). The normalized spacial score (nSPS) is 11.2. The number of hydrogen-bond acceptors (Lipinski definition) is 3. The van der Waals surface area contributed by atoms with Crippen LogP contribution in [-0.4, -0.2) is 10.2 Å². The van der Waals surface area contributed by atoms with Gasteiger partial charge in [0, 0.05) is 12.2 Å². The van der Waals surface area contributed by atoms with Crippen LogP contribution in [0, 0.1) is 0 Å². The van der Waals surface area contributed by atoms with Gasteiger partial charge >= 0.3 is 0 Å². The third-order valence-corrected chi connectivity index (χ3v) is 1.79. The molecule has 0 aliphatic rings. The van der Waals surface area contributed by atoms with Gasteiger partial charge in [-0.15, -0.1) is 0 Å². The molecule has 0 atom stereocenters. The molecule has 0 aliphatic heterocycles. The molecule has 0 N–H and O–H groups in total. The van der Waals surface area contributed by atoms with Gasteiger partial charge < -0.3 is 4.42 Å². The molecule has 1 heterocycles. The van der Waals surface area contributed by atoms with Crippen molar-refractivity contribution in [2.45, 2.75) is 0 Å². The highest BCUT2D eigenvalue weighted by Crippen LogP contribution is 2.15. The van der Waals surface area contributed by atoms with E-state index in [1.807, 2.05) is 24.3 Å². The average molecular weight is 208 g/mol. The highest BCUT2D eigenvalue weighted by atomic mass is 35.5. The highest BCUT2D eigenvalue weighted by molar-refractivity contribution is 6.66. The second-order valence-electron chi connectivity index (χ2n) is 2.66. The van der Waals surface area contributed by atoms with Crippen LogP contribution in [0.4, 0.5) is 0 Å². The Balaban J connectivity index is 2.40. The summed E-state index contributed by atoms with van der Waals surface area (Å²) in [5.74, 6) is 0.375. The molecule has 70 valence electrons. The maximum atomic E-state index is 10.4. The molecule has 0 amide bonds. The fourth-order valence-electron chi connectivity index (χ4n) is 1.10.